The maximum Gasteiger partial charge on any atom is 0.231 e. The summed E-state index contributed by atoms with van der Waals surface area (Å²) in [6.07, 6.45) is 1.72. The number of fused-ring (bicyclic) bond motifs is 1. The van der Waals surface area contributed by atoms with Gasteiger partial charge in [0.2, 0.25) is 11.9 Å². The fourth-order valence-corrected chi connectivity index (χ4v) is 3.13. The van der Waals surface area contributed by atoms with Crippen LogP contribution in [-0.4, -0.2) is 25.1 Å². The van der Waals surface area contributed by atoms with E-state index in [0.29, 0.717) is 22.4 Å². The summed E-state index contributed by atoms with van der Waals surface area (Å²) in [4.78, 5) is 4.11. The van der Waals surface area contributed by atoms with Gasteiger partial charge in [0.25, 0.3) is 0 Å². The number of methoxy groups -OCH3 is 1. The van der Waals surface area contributed by atoms with E-state index in [1.165, 1.54) is 11.3 Å². The van der Waals surface area contributed by atoms with E-state index >= 15 is 0 Å². The monoisotopic (exact) mass is 368 g/mol. The van der Waals surface area contributed by atoms with E-state index in [-0.39, 0.29) is 6.79 Å². The van der Waals surface area contributed by atoms with Crippen LogP contribution in [0.25, 0.3) is 11.1 Å². The Balaban J connectivity index is 1.67. The van der Waals surface area contributed by atoms with Gasteiger partial charge in [-0.1, -0.05) is 12.1 Å². The number of hydrogen-bond donors (Lipinski definition) is 2. The van der Waals surface area contributed by atoms with Gasteiger partial charge in [0.15, 0.2) is 11.5 Å². The van der Waals surface area contributed by atoms with Crippen LogP contribution in [0.15, 0.2) is 46.9 Å². The van der Waals surface area contributed by atoms with Gasteiger partial charge >= 0.3 is 0 Å². The minimum absolute atomic E-state index is 0.217. The van der Waals surface area contributed by atoms with Crippen LogP contribution in [0.5, 0.6) is 17.2 Å². The van der Waals surface area contributed by atoms with E-state index in [4.69, 9.17) is 19.9 Å². The molecule has 1 aliphatic rings. The number of benzene rings is 2. The smallest absolute Gasteiger partial charge is 0.231 e. The zero-order valence-electron chi connectivity index (χ0n) is 13.9. The molecular weight excluding hydrogens is 352 g/mol. The van der Waals surface area contributed by atoms with Crippen LogP contribution in [0.1, 0.15) is 5.56 Å². The van der Waals surface area contributed by atoms with Crippen molar-refractivity contribution in [1.29, 1.82) is 0 Å². The second-order valence-electron chi connectivity index (χ2n) is 5.47. The molecule has 0 amide bonds. The molecule has 1 aromatic heterocycles. The molecule has 0 radical (unpaired) electrons. The predicted octanol–water partition coefficient (Wildman–Crippen LogP) is 3.58. The second kappa shape index (κ2) is 6.93. The molecule has 0 fully saturated rings. The highest BCUT2D eigenvalue weighted by molar-refractivity contribution is 7.14. The number of hydrogen-bond acceptors (Lipinski definition) is 8. The zero-order valence-corrected chi connectivity index (χ0v) is 14.7. The van der Waals surface area contributed by atoms with Crippen LogP contribution in [0, 0.1) is 0 Å². The highest BCUT2D eigenvalue weighted by atomic mass is 32.1. The molecule has 2 heterocycles. The maximum atomic E-state index is 5.61. The van der Waals surface area contributed by atoms with Gasteiger partial charge in [-0.25, -0.2) is 4.98 Å². The Morgan fingerprint density at radius 3 is 2.69 bits per heavy atom. The number of nitrogens with one attached hydrogen (secondary N) is 1. The molecule has 3 aromatic rings. The normalized spacial score (nSPS) is 12.5. The van der Waals surface area contributed by atoms with Gasteiger partial charge < -0.3 is 19.9 Å². The summed E-state index contributed by atoms with van der Waals surface area (Å²) < 4.78 is 16.2. The predicted molar refractivity (Wildman–Crippen MR) is 102 cm³/mol. The number of rotatable bonds is 5. The third-order valence-corrected chi connectivity index (χ3v) is 4.60. The Labute approximate surface area is 154 Å². The lowest BCUT2D eigenvalue weighted by Crippen LogP contribution is -1.94. The molecule has 3 N–H and O–H groups in total. The number of nitrogens with zero attached hydrogens (tertiary/aromatic N) is 2. The van der Waals surface area contributed by atoms with Crippen molar-refractivity contribution >= 4 is 28.5 Å². The van der Waals surface area contributed by atoms with Crippen molar-refractivity contribution in [2.45, 2.75) is 0 Å². The highest BCUT2D eigenvalue weighted by Gasteiger charge is 2.17. The first-order valence-electron chi connectivity index (χ1n) is 7.81. The number of ether oxygens (including phenoxy) is 3. The Morgan fingerprint density at radius 1 is 1.23 bits per heavy atom. The Bertz CT molecular complexity index is 954. The lowest BCUT2D eigenvalue weighted by Gasteiger charge is -2.09. The number of anilines is 2. The van der Waals surface area contributed by atoms with E-state index in [2.05, 4.69) is 15.5 Å². The molecule has 7 nitrogen and oxygen atoms in total. The molecule has 132 valence electrons. The fraction of sp³-hybridized carbons (Fsp3) is 0.111. The minimum atomic E-state index is 0.217. The van der Waals surface area contributed by atoms with E-state index < -0.39 is 0 Å². The third kappa shape index (κ3) is 3.27. The van der Waals surface area contributed by atoms with E-state index in [1.807, 2.05) is 36.4 Å². The Hall–Kier alpha value is -3.26. The molecule has 1 aliphatic heterocycles. The SMILES string of the molecule is COc1ccc(-c2cc3c(cc2C=NNc2nc(N)cs2)OCO3)cc1. The van der Waals surface area contributed by atoms with Crippen molar-refractivity contribution in [2.75, 3.05) is 25.1 Å². The molecular formula is C18H16N4O3S. The van der Waals surface area contributed by atoms with Crippen molar-refractivity contribution in [1.82, 2.24) is 4.98 Å². The van der Waals surface area contributed by atoms with Crippen molar-refractivity contribution < 1.29 is 14.2 Å². The molecule has 0 saturated carbocycles. The molecule has 0 aliphatic carbocycles. The van der Waals surface area contributed by atoms with Gasteiger partial charge in [-0.2, -0.15) is 5.10 Å². The maximum absolute atomic E-state index is 5.61. The number of nitrogen functional groups attached to an aromatic ring is 1. The molecule has 26 heavy (non-hydrogen) atoms. The molecule has 0 bridgehead atoms. The number of hydrazone groups is 1. The van der Waals surface area contributed by atoms with Crippen molar-refractivity contribution in [3.05, 3.63) is 47.3 Å². The minimum Gasteiger partial charge on any atom is -0.497 e. The van der Waals surface area contributed by atoms with Gasteiger partial charge in [-0.05, 0) is 35.4 Å². The van der Waals surface area contributed by atoms with Gasteiger partial charge in [0.05, 0.1) is 13.3 Å². The third-order valence-electron chi connectivity index (χ3n) is 3.83. The quantitative estimate of drug-likeness (QED) is 0.528. The van der Waals surface area contributed by atoms with Crippen LogP contribution in [0.3, 0.4) is 0 Å². The summed E-state index contributed by atoms with van der Waals surface area (Å²) in [5.74, 6) is 2.68. The molecule has 4 rings (SSSR count). The summed E-state index contributed by atoms with van der Waals surface area (Å²) in [7, 11) is 1.64. The Kier molecular flexibility index (Phi) is 4.32. The second-order valence-corrected chi connectivity index (χ2v) is 6.33. The first kappa shape index (κ1) is 16.2. The molecule has 0 saturated heterocycles. The van der Waals surface area contributed by atoms with Crippen molar-refractivity contribution in [3.63, 3.8) is 0 Å². The average Bonchev–Trinajstić information content (AvgIpc) is 3.29. The van der Waals surface area contributed by atoms with E-state index in [1.54, 1.807) is 18.7 Å². The molecule has 8 heteroatoms. The number of aromatic nitrogens is 1. The largest absolute Gasteiger partial charge is 0.497 e. The molecule has 0 spiro atoms. The first-order valence-corrected chi connectivity index (χ1v) is 8.69. The van der Waals surface area contributed by atoms with Gasteiger partial charge in [0.1, 0.15) is 11.6 Å². The molecule has 2 aromatic carbocycles. The van der Waals surface area contributed by atoms with Gasteiger partial charge in [-0.15, -0.1) is 11.3 Å². The van der Waals surface area contributed by atoms with Gasteiger partial charge in [-0.3, -0.25) is 5.43 Å². The van der Waals surface area contributed by atoms with Crippen LogP contribution in [0.4, 0.5) is 10.9 Å². The average molecular weight is 368 g/mol. The standard InChI is InChI=1S/C18H16N4O3S/c1-23-13-4-2-11(3-5-13)14-7-16-15(24-10-25-16)6-12(14)8-20-22-18-21-17(19)9-26-18/h2-9H,10,19H2,1H3,(H,21,22). The van der Waals surface area contributed by atoms with Crippen LogP contribution in [0.2, 0.25) is 0 Å². The lowest BCUT2D eigenvalue weighted by atomic mass is 9.99. The summed E-state index contributed by atoms with van der Waals surface area (Å²) >= 11 is 1.39. The highest BCUT2D eigenvalue weighted by Crippen LogP contribution is 2.38. The van der Waals surface area contributed by atoms with Crippen LogP contribution >= 0.6 is 11.3 Å². The summed E-state index contributed by atoms with van der Waals surface area (Å²) in [5, 5.41) is 6.65. The first-order chi connectivity index (χ1) is 12.7. The number of nitrogens with two attached hydrogens (primary N) is 1. The number of thiazole rings is 1. The van der Waals surface area contributed by atoms with Gasteiger partial charge in [0, 0.05) is 10.9 Å². The van der Waals surface area contributed by atoms with E-state index in [9.17, 15) is 0 Å². The molecule has 0 unspecified atom stereocenters. The van der Waals surface area contributed by atoms with Crippen LogP contribution < -0.4 is 25.4 Å². The summed E-state index contributed by atoms with van der Waals surface area (Å²) in [6, 6.07) is 11.7. The lowest BCUT2D eigenvalue weighted by molar-refractivity contribution is 0.174. The zero-order chi connectivity index (χ0) is 17.9. The van der Waals surface area contributed by atoms with Crippen molar-refractivity contribution in [3.8, 4) is 28.4 Å². The van der Waals surface area contributed by atoms with Crippen LogP contribution in [-0.2, 0) is 0 Å². The summed E-state index contributed by atoms with van der Waals surface area (Å²) in [5.41, 5.74) is 11.4. The summed E-state index contributed by atoms with van der Waals surface area (Å²) in [6.45, 7) is 0.217. The van der Waals surface area contributed by atoms with Crippen molar-refractivity contribution in [2.24, 2.45) is 5.10 Å². The Morgan fingerprint density at radius 2 is 2.00 bits per heavy atom. The van der Waals surface area contributed by atoms with E-state index in [0.717, 1.165) is 22.4 Å². The topological polar surface area (TPSA) is 91.0 Å². The molecule has 0 atom stereocenters. The fourth-order valence-electron chi connectivity index (χ4n) is 2.58.